The summed E-state index contributed by atoms with van der Waals surface area (Å²) in [5, 5.41) is 0. The van der Waals surface area contributed by atoms with Gasteiger partial charge in [0.05, 0.1) is 0 Å². The molecule has 0 radical (unpaired) electrons. The maximum Gasteiger partial charge on any atom is 0.0388 e. The Morgan fingerprint density at radius 1 is 1.10 bits per heavy atom. The van der Waals surface area contributed by atoms with E-state index in [1.165, 1.54) is 36.0 Å². The van der Waals surface area contributed by atoms with Crippen molar-refractivity contribution in [3.8, 4) is 0 Å². The van der Waals surface area contributed by atoms with Crippen LogP contribution in [0.3, 0.4) is 0 Å². The van der Waals surface area contributed by atoms with Gasteiger partial charge in [0.25, 0.3) is 0 Å². The predicted octanol–water partition coefficient (Wildman–Crippen LogP) is 3.49. The molecule has 0 saturated heterocycles. The van der Waals surface area contributed by atoms with Gasteiger partial charge in [-0.05, 0) is 62.0 Å². The molecule has 0 aliphatic heterocycles. The second kappa shape index (κ2) is 5.76. The summed E-state index contributed by atoms with van der Waals surface area (Å²) < 4.78 is 0. The number of nitrogens with zero attached hydrogens (tertiary/aromatic N) is 2. The number of aromatic nitrogens is 1. The molecule has 0 amide bonds. The number of hydrogen-bond acceptors (Lipinski definition) is 2. The Hall–Kier alpha value is -1.67. The highest BCUT2D eigenvalue weighted by Crippen LogP contribution is 2.36. The van der Waals surface area contributed by atoms with Gasteiger partial charge in [-0.3, -0.25) is 4.98 Å². The Labute approximate surface area is 121 Å². The van der Waals surface area contributed by atoms with Crippen molar-refractivity contribution >= 4 is 0 Å². The largest absolute Gasteiger partial charge is 0.302 e. The second-order valence-electron chi connectivity index (χ2n) is 5.97. The minimum Gasteiger partial charge on any atom is -0.302 e. The van der Waals surface area contributed by atoms with Crippen LogP contribution in [0.15, 0.2) is 48.8 Å². The lowest BCUT2D eigenvalue weighted by Crippen LogP contribution is -2.31. The van der Waals surface area contributed by atoms with E-state index >= 15 is 0 Å². The predicted molar refractivity (Wildman–Crippen MR) is 82.6 cm³/mol. The molecule has 2 nitrogen and oxygen atoms in total. The zero-order valence-corrected chi connectivity index (χ0v) is 12.3. The summed E-state index contributed by atoms with van der Waals surface area (Å²) in [6.07, 6.45) is 7.51. The van der Waals surface area contributed by atoms with E-state index in [-0.39, 0.29) is 0 Å². The fraction of sp³-hybridized carbons (Fsp3) is 0.389. The van der Waals surface area contributed by atoms with Crippen LogP contribution in [-0.4, -0.2) is 24.0 Å². The lowest BCUT2D eigenvalue weighted by molar-refractivity contribution is 0.195. The van der Waals surface area contributed by atoms with Crippen LogP contribution >= 0.6 is 0 Å². The lowest BCUT2D eigenvalue weighted by atomic mass is 9.78. The monoisotopic (exact) mass is 266 g/mol. The van der Waals surface area contributed by atoms with Crippen LogP contribution in [0.5, 0.6) is 0 Å². The summed E-state index contributed by atoms with van der Waals surface area (Å²) >= 11 is 0. The molecule has 1 aliphatic carbocycles. The molecule has 104 valence electrons. The van der Waals surface area contributed by atoms with Crippen molar-refractivity contribution in [1.29, 1.82) is 0 Å². The number of fused-ring (bicyclic) bond motifs is 1. The molecular weight excluding hydrogens is 244 g/mol. The maximum absolute atomic E-state index is 4.30. The molecule has 0 spiro atoms. The fourth-order valence-corrected chi connectivity index (χ4v) is 3.54. The molecule has 2 unspecified atom stereocenters. The van der Waals surface area contributed by atoms with Gasteiger partial charge in [0.15, 0.2) is 0 Å². The van der Waals surface area contributed by atoms with Gasteiger partial charge < -0.3 is 4.90 Å². The van der Waals surface area contributed by atoms with Crippen LogP contribution in [0, 0.1) is 5.92 Å². The van der Waals surface area contributed by atoms with E-state index in [4.69, 9.17) is 0 Å². The lowest BCUT2D eigenvalue weighted by Gasteiger charge is -2.35. The minimum atomic E-state index is 0.456. The van der Waals surface area contributed by atoms with Crippen molar-refractivity contribution in [2.24, 2.45) is 5.92 Å². The molecule has 20 heavy (non-hydrogen) atoms. The van der Waals surface area contributed by atoms with E-state index in [2.05, 4.69) is 54.3 Å². The molecule has 1 aliphatic rings. The van der Waals surface area contributed by atoms with Crippen LogP contribution in [0.1, 0.15) is 29.2 Å². The normalized spacial score (nSPS) is 19.6. The van der Waals surface area contributed by atoms with Gasteiger partial charge >= 0.3 is 0 Å². The highest BCUT2D eigenvalue weighted by Gasteiger charge is 2.28. The van der Waals surface area contributed by atoms with Crippen molar-refractivity contribution in [2.45, 2.75) is 25.3 Å². The van der Waals surface area contributed by atoms with Gasteiger partial charge in [-0.1, -0.05) is 30.3 Å². The molecule has 0 saturated carbocycles. The van der Waals surface area contributed by atoms with Gasteiger partial charge in [-0.2, -0.15) is 0 Å². The number of rotatable bonds is 3. The number of hydrogen-bond donors (Lipinski definition) is 0. The quantitative estimate of drug-likeness (QED) is 0.845. The highest BCUT2D eigenvalue weighted by molar-refractivity contribution is 5.31. The Bertz CT molecular complexity index is 563. The van der Waals surface area contributed by atoms with Gasteiger partial charge in [-0.15, -0.1) is 0 Å². The van der Waals surface area contributed by atoms with E-state index in [0.29, 0.717) is 12.0 Å². The standard InChI is InChI=1S/C18H22N2/c1-20(2)18(17-8-5-11-19-13-17)16-10-9-14-6-3-4-7-15(14)12-16/h3-8,11,13,16,18H,9-10,12H2,1-2H3. The number of pyridine rings is 1. The molecule has 1 heterocycles. The van der Waals surface area contributed by atoms with Gasteiger partial charge in [0.2, 0.25) is 0 Å². The maximum atomic E-state index is 4.30. The molecular formula is C18H22N2. The third-order valence-electron chi connectivity index (χ3n) is 4.41. The molecule has 3 rings (SSSR count). The van der Waals surface area contributed by atoms with Crippen molar-refractivity contribution in [1.82, 2.24) is 9.88 Å². The topological polar surface area (TPSA) is 16.1 Å². The smallest absolute Gasteiger partial charge is 0.0388 e. The van der Waals surface area contributed by atoms with Crippen molar-refractivity contribution in [2.75, 3.05) is 14.1 Å². The molecule has 0 fully saturated rings. The van der Waals surface area contributed by atoms with Crippen LogP contribution in [0.25, 0.3) is 0 Å². The first-order valence-corrected chi connectivity index (χ1v) is 7.39. The van der Waals surface area contributed by atoms with Crippen molar-refractivity contribution in [3.63, 3.8) is 0 Å². The zero-order chi connectivity index (χ0) is 13.9. The van der Waals surface area contributed by atoms with Crippen molar-refractivity contribution in [3.05, 3.63) is 65.5 Å². The van der Waals surface area contributed by atoms with E-state index < -0.39 is 0 Å². The molecule has 1 aromatic carbocycles. The summed E-state index contributed by atoms with van der Waals surface area (Å²) in [5.41, 5.74) is 4.40. The molecule has 2 heteroatoms. The third kappa shape index (κ3) is 2.61. The Morgan fingerprint density at radius 3 is 2.60 bits per heavy atom. The Morgan fingerprint density at radius 2 is 1.90 bits per heavy atom. The van der Waals surface area contributed by atoms with Crippen LogP contribution in [0.4, 0.5) is 0 Å². The Kier molecular flexibility index (Phi) is 3.83. The highest BCUT2D eigenvalue weighted by atomic mass is 15.1. The van der Waals surface area contributed by atoms with E-state index in [1.807, 2.05) is 18.5 Å². The third-order valence-corrected chi connectivity index (χ3v) is 4.41. The van der Waals surface area contributed by atoms with Crippen LogP contribution < -0.4 is 0 Å². The van der Waals surface area contributed by atoms with Crippen LogP contribution in [0.2, 0.25) is 0 Å². The molecule has 1 aromatic heterocycles. The molecule has 0 N–H and O–H groups in total. The summed E-state index contributed by atoms with van der Waals surface area (Å²) in [6, 6.07) is 13.6. The van der Waals surface area contributed by atoms with Gasteiger partial charge in [-0.25, -0.2) is 0 Å². The summed E-state index contributed by atoms with van der Waals surface area (Å²) in [7, 11) is 4.36. The summed E-state index contributed by atoms with van der Waals surface area (Å²) in [6.45, 7) is 0. The fourth-order valence-electron chi connectivity index (χ4n) is 3.54. The average Bonchev–Trinajstić information content (AvgIpc) is 2.48. The van der Waals surface area contributed by atoms with E-state index in [9.17, 15) is 0 Å². The van der Waals surface area contributed by atoms with E-state index in [1.54, 1.807) is 0 Å². The van der Waals surface area contributed by atoms with E-state index in [0.717, 1.165) is 0 Å². The number of aryl methyl sites for hydroxylation is 1. The summed E-state index contributed by atoms with van der Waals surface area (Å²) in [5.74, 6) is 0.670. The molecule has 0 bridgehead atoms. The van der Waals surface area contributed by atoms with Crippen LogP contribution in [-0.2, 0) is 12.8 Å². The molecule has 2 atom stereocenters. The zero-order valence-electron chi connectivity index (χ0n) is 12.3. The SMILES string of the molecule is CN(C)C(c1cccnc1)C1CCc2ccccc2C1. The first-order chi connectivity index (χ1) is 9.75. The number of benzene rings is 1. The van der Waals surface area contributed by atoms with Crippen molar-refractivity contribution < 1.29 is 0 Å². The van der Waals surface area contributed by atoms with Gasteiger partial charge in [0, 0.05) is 18.4 Å². The first kappa shape index (κ1) is 13.3. The first-order valence-electron chi connectivity index (χ1n) is 7.39. The molecule has 2 aromatic rings. The average molecular weight is 266 g/mol. The summed E-state index contributed by atoms with van der Waals surface area (Å²) in [4.78, 5) is 6.64. The second-order valence-corrected chi connectivity index (χ2v) is 5.97. The Balaban J connectivity index is 1.87. The van der Waals surface area contributed by atoms with Gasteiger partial charge in [0.1, 0.15) is 0 Å². The minimum absolute atomic E-state index is 0.456.